The Morgan fingerprint density at radius 2 is 1.96 bits per heavy atom. The third-order valence-electron chi connectivity index (χ3n) is 3.35. The highest BCUT2D eigenvalue weighted by atomic mass is 35.5. The molecule has 1 aliphatic rings. The minimum Gasteiger partial charge on any atom is -0.454 e. The summed E-state index contributed by atoms with van der Waals surface area (Å²) in [7, 11) is 0. The van der Waals surface area contributed by atoms with Gasteiger partial charge in [0.1, 0.15) is 0 Å². The first-order valence-electron chi connectivity index (χ1n) is 7.20. The van der Waals surface area contributed by atoms with Gasteiger partial charge in [-0.25, -0.2) is 4.79 Å². The molecule has 1 aliphatic heterocycles. The normalized spacial score (nSPS) is 13.2. The highest BCUT2D eigenvalue weighted by Crippen LogP contribution is 2.34. The quantitative estimate of drug-likeness (QED) is 0.859. The highest BCUT2D eigenvalue weighted by molar-refractivity contribution is 6.30. The molecule has 3 rings (SSSR count). The summed E-state index contributed by atoms with van der Waals surface area (Å²) in [6.45, 7) is 1.64. The average Bonchev–Trinajstić information content (AvgIpc) is 3.02. The van der Waals surface area contributed by atoms with Crippen LogP contribution in [0.3, 0.4) is 0 Å². The summed E-state index contributed by atoms with van der Waals surface area (Å²) in [5.41, 5.74) is 0.806. The molecule has 1 N–H and O–H groups in total. The Bertz CT molecular complexity index is 792. The number of carbonyl (C=O) groups excluding carboxylic acids is 2. The summed E-state index contributed by atoms with van der Waals surface area (Å²) in [5.74, 6) is 0.0971. The molecular formula is C17H14ClNO5. The number of halogens is 1. The second kappa shape index (κ2) is 6.80. The number of nitrogens with one attached hydrogen (secondary N) is 1. The van der Waals surface area contributed by atoms with Crippen LogP contribution < -0.4 is 14.8 Å². The largest absolute Gasteiger partial charge is 0.454 e. The van der Waals surface area contributed by atoms with Crippen molar-refractivity contribution < 1.29 is 23.8 Å². The van der Waals surface area contributed by atoms with Gasteiger partial charge in [0, 0.05) is 16.8 Å². The smallest absolute Gasteiger partial charge is 0.338 e. The van der Waals surface area contributed by atoms with E-state index in [0.717, 1.165) is 0 Å². The lowest BCUT2D eigenvalue weighted by molar-refractivity contribution is -0.123. The number of hydrogen-bond acceptors (Lipinski definition) is 5. The lowest BCUT2D eigenvalue weighted by Gasteiger charge is -2.14. The van der Waals surface area contributed by atoms with Crippen LogP contribution in [0, 0.1) is 0 Å². The predicted molar refractivity (Wildman–Crippen MR) is 87.5 cm³/mol. The van der Waals surface area contributed by atoms with Crippen molar-refractivity contribution in [2.24, 2.45) is 0 Å². The van der Waals surface area contributed by atoms with Gasteiger partial charge in [-0.3, -0.25) is 4.79 Å². The summed E-state index contributed by atoms with van der Waals surface area (Å²) in [5, 5.41) is 3.08. The van der Waals surface area contributed by atoms with E-state index < -0.39 is 18.0 Å². The van der Waals surface area contributed by atoms with Gasteiger partial charge >= 0.3 is 5.97 Å². The number of fused-ring (bicyclic) bond motifs is 1. The van der Waals surface area contributed by atoms with Crippen LogP contribution in [-0.2, 0) is 9.53 Å². The van der Waals surface area contributed by atoms with Crippen molar-refractivity contribution in [3.63, 3.8) is 0 Å². The molecule has 2 aromatic carbocycles. The Morgan fingerprint density at radius 3 is 2.75 bits per heavy atom. The van der Waals surface area contributed by atoms with Crippen LogP contribution in [-0.4, -0.2) is 24.8 Å². The number of anilines is 1. The van der Waals surface area contributed by atoms with E-state index in [9.17, 15) is 9.59 Å². The maximum absolute atomic E-state index is 12.2. The van der Waals surface area contributed by atoms with Gasteiger partial charge in [0.25, 0.3) is 5.91 Å². The molecule has 6 nitrogen and oxygen atoms in total. The van der Waals surface area contributed by atoms with Crippen LogP contribution in [0.2, 0.25) is 5.02 Å². The van der Waals surface area contributed by atoms with E-state index in [2.05, 4.69) is 5.32 Å². The van der Waals surface area contributed by atoms with Gasteiger partial charge < -0.3 is 19.5 Å². The molecule has 0 fully saturated rings. The zero-order valence-electron chi connectivity index (χ0n) is 12.7. The monoisotopic (exact) mass is 347 g/mol. The second-order valence-corrected chi connectivity index (χ2v) is 5.55. The number of ether oxygens (including phenoxy) is 3. The van der Waals surface area contributed by atoms with Crippen LogP contribution in [0.15, 0.2) is 42.5 Å². The first-order valence-corrected chi connectivity index (χ1v) is 7.58. The third kappa shape index (κ3) is 3.60. The summed E-state index contributed by atoms with van der Waals surface area (Å²) in [4.78, 5) is 24.2. The third-order valence-corrected chi connectivity index (χ3v) is 3.59. The van der Waals surface area contributed by atoms with Crippen LogP contribution in [0.25, 0.3) is 0 Å². The van der Waals surface area contributed by atoms with E-state index >= 15 is 0 Å². The number of amides is 1. The minimum absolute atomic E-state index is 0.153. The fourth-order valence-electron chi connectivity index (χ4n) is 2.12. The van der Waals surface area contributed by atoms with E-state index in [1.807, 2.05) is 0 Å². The molecule has 0 bridgehead atoms. The van der Waals surface area contributed by atoms with E-state index in [1.54, 1.807) is 36.4 Å². The Kier molecular flexibility index (Phi) is 4.57. The number of carbonyl (C=O) groups is 2. The zero-order valence-corrected chi connectivity index (χ0v) is 13.5. The van der Waals surface area contributed by atoms with Crippen molar-refractivity contribution in [1.29, 1.82) is 0 Å². The molecule has 1 amide bonds. The van der Waals surface area contributed by atoms with Crippen molar-refractivity contribution in [2.75, 3.05) is 12.1 Å². The van der Waals surface area contributed by atoms with Crippen molar-refractivity contribution in [2.45, 2.75) is 13.0 Å². The summed E-state index contributed by atoms with van der Waals surface area (Å²) >= 11 is 5.83. The Balaban J connectivity index is 1.61. The number of rotatable bonds is 4. The SMILES string of the molecule is C[C@H](OC(=O)c1cccc(Cl)c1)C(=O)Nc1ccc2c(c1)OCO2. The van der Waals surface area contributed by atoms with E-state index in [1.165, 1.54) is 13.0 Å². The highest BCUT2D eigenvalue weighted by Gasteiger charge is 2.20. The van der Waals surface area contributed by atoms with Crippen molar-refractivity contribution in [3.8, 4) is 11.5 Å². The second-order valence-electron chi connectivity index (χ2n) is 5.12. The molecule has 0 spiro atoms. The molecule has 2 aromatic rings. The van der Waals surface area contributed by atoms with Gasteiger partial charge in [-0.15, -0.1) is 0 Å². The van der Waals surface area contributed by atoms with Crippen molar-refractivity contribution >= 4 is 29.2 Å². The van der Waals surface area contributed by atoms with Gasteiger partial charge in [0.2, 0.25) is 6.79 Å². The van der Waals surface area contributed by atoms with Crippen LogP contribution in [0.5, 0.6) is 11.5 Å². The van der Waals surface area contributed by atoms with E-state index in [-0.39, 0.29) is 12.4 Å². The molecule has 124 valence electrons. The first-order chi connectivity index (χ1) is 11.5. The van der Waals surface area contributed by atoms with Crippen molar-refractivity contribution in [1.82, 2.24) is 0 Å². The van der Waals surface area contributed by atoms with Crippen LogP contribution in [0.4, 0.5) is 5.69 Å². The molecule has 7 heteroatoms. The molecule has 1 heterocycles. The predicted octanol–water partition coefficient (Wildman–Crippen LogP) is 3.25. The van der Waals surface area contributed by atoms with Gasteiger partial charge in [0.05, 0.1) is 5.56 Å². The Labute approximate surface area is 143 Å². The standard InChI is InChI=1S/C17H14ClNO5/c1-10(24-17(21)11-3-2-4-12(18)7-11)16(20)19-13-5-6-14-15(8-13)23-9-22-14/h2-8,10H,9H2,1H3,(H,19,20)/t10-/m0/s1. The fraction of sp³-hybridized carbons (Fsp3) is 0.176. The molecule has 24 heavy (non-hydrogen) atoms. The Morgan fingerprint density at radius 1 is 1.17 bits per heavy atom. The summed E-state index contributed by atoms with van der Waals surface area (Å²) in [6, 6.07) is 11.3. The summed E-state index contributed by atoms with van der Waals surface area (Å²) < 4.78 is 15.6. The Hall–Kier alpha value is -2.73. The van der Waals surface area contributed by atoms with Crippen molar-refractivity contribution in [3.05, 3.63) is 53.1 Å². The molecule has 1 atom stereocenters. The maximum Gasteiger partial charge on any atom is 0.338 e. The molecule has 0 unspecified atom stereocenters. The van der Waals surface area contributed by atoms with Gasteiger partial charge in [-0.1, -0.05) is 17.7 Å². The molecule has 0 aliphatic carbocycles. The van der Waals surface area contributed by atoms with Gasteiger partial charge in [-0.05, 0) is 37.3 Å². The molecule has 0 radical (unpaired) electrons. The zero-order chi connectivity index (χ0) is 17.1. The van der Waals surface area contributed by atoms with Gasteiger partial charge in [-0.2, -0.15) is 0 Å². The average molecular weight is 348 g/mol. The molecule has 0 saturated heterocycles. The van der Waals surface area contributed by atoms with E-state index in [0.29, 0.717) is 22.2 Å². The van der Waals surface area contributed by atoms with E-state index in [4.69, 9.17) is 25.8 Å². The topological polar surface area (TPSA) is 73.9 Å². The molecule has 0 saturated carbocycles. The number of hydrogen-bond donors (Lipinski definition) is 1. The number of esters is 1. The lowest BCUT2D eigenvalue weighted by Crippen LogP contribution is -2.30. The molecule has 0 aromatic heterocycles. The van der Waals surface area contributed by atoms with Crippen LogP contribution in [0.1, 0.15) is 17.3 Å². The summed E-state index contributed by atoms with van der Waals surface area (Å²) in [6.07, 6.45) is -0.970. The maximum atomic E-state index is 12.2. The first kappa shape index (κ1) is 16.1. The minimum atomic E-state index is -0.970. The van der Waals surface area contributed by atoms with Crippen LogP contribution >= 0.6 is 11.6 Å². The fourth-order valence-corrected chi connectivity index (χ4v) is 2.31. The molecular weight excluding hydrogens is 334 g/mol. The van der Waals surface area contributed by atoms with Gasteiger partial charge in [0.15, 0.2) is 17.6 Å². The lowest BCUT2D eigenvalue weighted by atomic mass is 10.2. The number of benzene rings is 2.